The zero-order chi connectivity index (χ0) is 23.8. The second-order valence-corrected chi connectivity index (χ2v) is 9.65. The molecule has 180 valence electrons. The molecular weight excluding hydrogens is 435 g/mol. The van der Waals surface area contributed by atoms with E-state index in [2.05, 4.69) is 20.5 Å². The maximum Gasteiger partial charge on any atom is 0.249 e. The van der Waals surface area contributed by atoms with Gasteiger partial charge in [0.05, 0.1) is 5.69 Å². The third-order valence-corrected chi connectivity index (χ3v) is 7.39. The topological polar surface area (TPSA) is 90.5 Å². The molecule has 1 atom stereocenters. The molecule has 1 aromatic heterocycles. The lowest BCUT2D eigenvalue weighted by molar-refractivity contribution is -0.121. The van der Waals surface area contributed by atoms with Crippen molar-refractivity contribution in [3.8, 4) is 0 Å². The Morgan fingerprint density at radius 3 is 2.59 bits per heavy atom. The summed E-state index contributed by atoms with van der Waals surface area (Å²) < 4.78 is 13.1. The van der Waals surface area contributed by atoms with Gasteiger partial charge in [-0.2, -0.15) is 4.98 Å². The summed E-state index contributed by atoms with van der Waals surface area (Å²) in [7, 11) is 1.81. The Hall–Kier alpha value is -3.23. The predicted molar refractivity (Wildman–Crippen MR) is 130 cm³/mol. The monoisotopic (exact) mass is 466 g/mol. The number of hydrogen-bond acceptors (Lipinski definition) is 6. The summed E-state index contributed by atoms with van der Waals surface area (Å²) in [6.07, 6.45) is 5.41. The van der Waals surface area contributed by atoms with Gasteiger partial charge in [0.1, 0.15) is 17.5 Å². The first-order chi connectivity index (χ1) is 16.4. The lowest BCUT2D eigenvalue weighted by Gasteiger charge is -2.37. The highest BCUT2D eigenvalue weighted by Crippen LogP contribution is 2.40. The number of halogens is 1. The molecule has 1 saturated carbocycles. The molecule has 0 radical (unpaired) electrons. The normalized spacial score (nSPS) is 24.0. The van der Waals surface area contributed by atoms with Crippen LogP contribution in [0.3, 0.4) is 0 Å². The van der Waals surface area contributed by atoms with E-state index in [-0.39, 0.29) is 29.6 Å². The highest BCUT2D eigenvalue weighted by atomic mass is 19.1. The van der Waals surface area contributed by atoms with Crippen LogP contribution in [0, 0.1) is 24.6 Å². The van der Waals surface area contributed by atoms with Crippen LogP contribution in [0.4, 0.5) is 27.5 Å². The van der Waals surface area contributed by atoms with Crippen LogP contribution in [-0.4, -0.2) is 48.0 Å². The number of anilines is 4. The zero-order valence-corrected chi connectivity index (χ0v) is 19.7. The molecule has 0 unspecified atom stereocenters. The van der Waals surface area contributed by atoms with Crippen LogP contribution in [0.2, 0.25) is 0 Å². The van der Waals surface area contributed by atoms with Crippen LogP contribution in [0.1, 0.15) is 44.2 Å². The Morgan fingerprint density at radius 2 is 1.85 bits per heavy atom. The summed E-state index contributed by atoms with van der Waals surface area (Å²) in [4.78, 5) is 38.5. The third kappa shape index (κ3) is 4.31. The summed E-state index contributed by atoms with van der Waals surface area (Å²) in [6.45, 7) is 3.52. The van der Waals surface area contributed by atoms with E-state index in [0.29, 0.717) is 17.6 Å². The molecule has 0 bridgehead atoms. The van der Waals surface area contributed by atoms with Gasteiger partial charge in [0.2, 0.25) is 17.8 Å². The van der Waals surface area contributed by atoms with Crippen molar-refractivity contribution < 1.29 is 14.0 Å². The van der Waals surface area contributed by atoms with Gasteiger partial charge < -0.3 is 20.4 Å². The molecule has 2 N–H and O–H groups in total. The number of aryl methyl sites for hydroxylation is 1. The predicted octanol–water partition coefficient (Wildman–Crippen LogP) is 3.73. The van der Waals surface area contributed by atoms with Gasteiger partial charge in [-0.25, -0.2) is 9.37 Å². The first-order valence-electron chi connectivity index (χ1n) is 12.1. The second-order valence-electron chi connectivity index (χ2n) is 9.65. The van der Waals surface area contributed by atoms with Crippen molar-refractivity contribution in [3.63, 3.8) is 0 Å². The lowest BCUT2D eigenvalue weighted by Crippen LogP contribution is -2.49. The SMILES string of the molecule is Cc1nc(NCC2CCC(C(=O)Nc3ccc(F)cc3)CC2)nc2c1N(C)C(=O)[C@@H]1CCCN21. The first-order valence-corrected chi connectivity index (χ1v) is 12.1. The molecule has 1 saturated heterocycles. The molecule has 34 heavy (non-hydrogen) atoms. The van der Waals surface area contributed by atoms with Gasteiger partial charge in [0.15, 0.2) is 5.82 Å². The van der Waals surface area contributed by atoms with Gasteiger partial charge in [-0.1, -0.05) is 0 Å². The molecule has 3 heterocycles. The molecule has 0 spiro atoms. The van der Waals surface area contributed by atoms with E-state index < -0.39 is 0 Å². The number of likely N-dealkylation sites (N-methyl/N-ethyl adjacent to an activating group) is 1. The molecule has 2 fully saturated rings. The number of aromatic nitrogens is 2. The number of hydrogen-bond donors (Lipinski definition) is 2. The Bertz CT molecular complexity index is 1080. The largest absolute Gasteiger partial charge is 0.354 e. The number of amides is 2. The molecule has 2 amide bonds. The quantitative estimate of drug-likeness (QED) is 0.698. The highest BCUT2D eigenvalue weighted by Gasteiger charge is 2.41. The Labute approximate surface area is 198 Å². The maximum atomic E-state index is 13.1. The molecule has 8 nitrogen and oxygen atoms in total. The van der Waals surface area contributed by atoms with Crippen molar-refractivity contribution in [3.05, 3.63) is 35.8 Å². The smallest absolute Gasteiger partial charge is 0.249 e. The van der Waals surface area contributed by atoms with E-state index in [4.69, 9.17) is 4.98 Å². The maximum absolute atomic E-state index is 13.1. The summed E-state index contributed by atoms with van der Waals surface area (Å²) in [5.74, 6) is 1.68. The third-order valence-electron chi connectivity index (χ3n) is 7.39. The van der Waals surface area contributed by atoms with E-state index in [9.17, 15) is 14.0 Å². The van der Waals surface area contributed by atoms with Crippen LogP contribution in [0.5, 0.6) is 0 Å². The van der Waals surface area contributed by atoms with Crippen LogP contribution >= 0.6 is 0 Å². The molecule has 5 rings (SSSR count). The van der Waals surface area contributed by atoms with Crippen LogP contribution in [0.15, 0.2) is 24.3 Å². The Morgan fingerprint density at radius 1 is 1.12 bits per heavy atom. The van der Waals surface area contributed by atoms with Crippen LogP contribution in [0.25, 0.3) is 0 Å². The average Bonchev–Trinajstić information content (AvgIpc) is 3.33. The van der Waals surface area contributed by atoms with E-state index in [1.165, 1.54) is 12.1 Å². The minimum absolute atomic E-state index is 0.00509. The summed E-state index contributed by atoms with van der Waals surface area (Å²) >= 11 is 0. The molecule has 9 heteroatoms. The fraction of sp³-hybridized carbons (Fsp3) is 0.520. The molecular formula is C25H31FN6O2. The lowest BCUT2D eigenvalue weighted by atomic mass is 9.81. The van der Waals surface area contributed by atoms with Crippen molar-refractivity contribution in [1.82, 2.24) is 9.97 Å². The molecule has 2 aromatic rings. The van der Waals surface area contributed by atoms with Crippen molar-refractivity contribution in [1.29, 1.82) is 0 Å². The minimum Gasteiger partial charge on any atom is -0.354 e. The summed E-state index contributed by atoms with van der Waals surface area (Å²) in [6, 6.07) is 5.75. The number of carbonyl (C=O) groups excluding carboxylic acids is 2. The minimum atomic E-state index is -0.315. The fourth-order valence-electron chi connectivity index (χ4n) is 5.48. The number of nitrogens with one attached hydrogen (secondary N) is 2. The van der Waals surface area contributed by atoms with E-state index in [0.717, 1.165) is 68.8 Å². The van der Waals surface area contributed by atoms with E-state index >= 15 is 0 Å². The summed E-state index contributed by atoms with van der Waals surface area (Å²) in [5, 5.41) is 6.31. The highest BCUT2D eigenvalue weighted by molar-refractivity contribution is 6.05. The Kier molecular flexibility index (Phi) is 6.10. The standard InChI is InChI=1S/C25H31FN6O2/c1-15-21-22(32-13-3-4-20(32)24(34)31(21)2)30-25(28-15)27-14-16-5-7-17(8-6-16)23(33)29-19-11-9-18(26)10-12-19/h9-12,16-17,20H,3-8,13-14H2,1-2H3,(H,29,33)(H,27,28,30)/t16?,17?,20-/m0/s1. The Balaban J connectivity index is 1.17. The zero-order valence-electron chi connectivity index (χ0n) is 19.7. The van der Waals surface area contributed by atoms with Gasteiger partial charge in [-0.15, -0.1) is 0 Å². The number of benzene rings is 1. The van der Waals surface area contributed by atoms with E-state index in [1.807, 2.05) is 14.0 Å². The van der Waals surface area contributed by atoms with Gasteiger partial charge in [0, 0.05) is 31.7 Å². The first kappa shape index (κ1) is 22.6. The molecule has 1 aromatic carbocycles. The number of rotatable bonds is 5. The molecule has 3 aliphatic rings. The summed E-state index contributed by atoms with van der Waals surface area (Å²) in [5.41, 5.74) is 2.24. The van der Waals surface area contributed by atoms with Gasteiger partial charge in [-0.3, -0.25) is 9.59 Å². The van der Waals surface area contributed by atoms with Gasteiger partial charge in [-0.05, 0) is 75.6 Å². The van der Waals surface area contributed by atoms with Crippen molar-refractivity contribution >= 4 is 35.0 Å². The number of nitrogens with zero attached hydrogens (tertiary/aromatic N) is 4. The van der Waals surface area contributed by atoms with Gasteiger partial charge in [0.25, 0.3) is 0 Å². The number of carbonyl (C=O) groups is 2. The van der Waals surface area contributed by atoms with Gasteiger partial charge >= 0.3 is 0 Å². The number of fused-ring (bicyclic) bond motifs is 3. The molecule has 2 aliphatic heterocycles. The van der Waals surface area contributed by atoms with Crippen LogP contribution < -0.4 is 20.4 Å². The fourth-order valence-corrected chi connectivity index (χ4v) is 5.48. The van der Waals surface area contributed by atoms with E-state index in [1.54, 1.807) is 17.0 Å². The molecule has 1 aliphatic carbocycles. The second kappa shape index (κ2) is 9.19. The van der Waals surface area contributed by atoms with Crippen molar-refractivity contribution in [2.45, 2.75) is 51.5 Å². The van der Waals surface area contributed by atoms with Crippen molar-refractivity contribution in [2.75, 3.05) is 40.6 Å². The van der Waals surface area contributed by atoms with Crippen LogP contribution in [-0.2, 0) is 9.59 Å². The average molecular weight is 467 g/mol. The van der Waals surface area contributed by atoms with Crippen molar-refractivity contribution in [2.24, 2.45) is 11.8 Å².